The Morgan fingerprint density at radius 2 is 2.33 bits per heavy atom. The molecule has 1 atom stereocenters. The molecular formula is C12H17ClN2. The highest BCUT2D eigenvalue weighted by molar-refractivity contribution is 6.18. The van der Waals surface area contributed by atoms with Gasteiger partial charge in [-0.05, 0) is 37.8 Å². The number of aryl methyl sites for hydroxylation is 1. The third-order valence-corrected chi connectivity index (χ3v) is 3.35. The molecule has 2 nitrogen and oxygen atoms in total. The molecule has 0 N–H and O–H groups in total. The second kappa shape index (κ2) is 4.84. The van der Waals surface area contributed by atoms with E-state index in [1.165, 1.54) is 24.8 Å². The quantitative estimate of drug-likeness (QED) is 0.718. The molecule has 0 aromatic carbocycles. The van der Waals surface area contributed by atoms with E-state index >= 15 is 0 Å². The van der Waals surface area contributed by atoms with Crippen LogP contribution in [0.5, 0.6) is 0 Å². The molecule has 2 rings (SSSR count). The molecule has 1 aliphatic rings. The van der Waals surface area contributed by atoms with Crippen molar-refractivity contribution in [3.05, 3.63) is 23.9 Å². The minimum atomic E-state index is 0.468. The first-order chi connectivity index (χ1) is 7.31. The average molecular weight is 225 g/mol. The molecule has 2 heterocycles. The van der Waals surface area contributed by atoms with Crippen molar-refractivity contribution < 1.29 is 0 Å². The molecule has 3 heteroatoms. The molecule has 1 saturated heterocycles. The Morgan fingerprint density at radius 1 is 1.47 bits per heavy atom. The molecule has 0 saturated carbocycles. The minimum absolute atomic E-state index is 0.468. The van der Waals surface area contributed by atoms with Crippen LogP contribution < -0.4 is 4.90 Å². The number of nitrogens with zero attached hydrogens (tertiary/aromatic N) is 2. The first-order valence-electron chi connectivity index (χ1n) is 5.56. The van der Waals surface area contributed by atoms with E-state index in [1.807, 2.05) is 6.20 Å². The van der Waals surface area contributed by atoms with Crippen molar-refractivity contribution in [1.82, 2.24) is 4.98 Å². The number of pyridine rings is 1. The van der Waals surface area contributed by atoms with Crippen LogP contribution in [0.4, 0.5) is 5.82 Å². The number of piperidine rings is 1. The van der Waals surface area contributed by atoms with Gasteiger partial charge in [0, 0.05) is 24.7 Å². The van der Waals surface area contributed by atoms with Crippen LogP contribution in [0.2, 0.25) is 0 Å². The van der Waals surface area contributed by atoms with E-state index < -0.39 is 0 Å². The number of anilines is 1. The Hall–Kier alpha value is -0.760. The van der Waals surface area contributed by atoms with E-state index in [-0.39, 0.29) is 0 Å². The summed E-state index contributed by atoms with van der Waals surface area (Å²) in [5, 5.41) is 0. The third kappa shape index (κ3) is 2.43. The Balaban J connectivity index is 2.16. The lowest BCUT2D eigenvalue weighted by atomic mass is 10.0. The predicted octanol–water partition coefficient (Wildman–Crippen LogP) is 2.99. The molecule has 1 aliphatic heterocycles. The maximum atomic E-state index is 5.99. The van der Waals surface area contributed by atoms with Gasteiger partial charge < -0.3 is 4.90 Å². The second-order valence-corrected chi connectivity index (χ2v) is 4.50. The molecule has 1 unspecified atom stereocenters. The smallest absolute Gasteiger partial charge is 0.128 e. The topological polar surface area (TPSA) is 16.1 Å². The van der Waals surface area contributed by atoms with E-state index in [9.17, 15) is 0 Å². The fraction of sp³-hybridized carbons (Fsp3) is 0.583. The van der Waals surface area contributed by atoms with Crippen LogP contribution in [0.15, 0.2) is 18.3 Å². The normalized spacial score (nSPS) is 21.7. The summed E-state index contributed by atoms with van der Waals surface area (Å²) >= 11 is 5.99. The van der Waals surface area contributed by atoms with Gasteiger partial charge in [0.2, 0.25) is 0 Å². The standard InChI is InChI=1S/C12H17ClN2/c1-10-5-6-12(14-9-10)15-7-3-2-4-11(15)8-13/h5-6,9,11H,2-4,7-8H2,1H3. The largest absolute Gasteiger partial charge is 0.352 e. The van der Waals surface area contributed by atoms with Crippen molar-refractivity contribution in [3.8, 4) is 0 Å². The molecule has 1 fully saturated rings. The van der Waals surface area contributed by atoms with Crippen LogP contribution in [0.3, 0.4) is 0 Å². The van der Waals surface area contributed by atoms with Crippen LogP contribution in [0.1, 0.15) is 24.8 Å². The molecule has 82 valence electrons. The lowest BCUT2D eigenvalue weighted by molar-refractivity contribution is 0.484. The zero-order valence-corrected chi connectivity index (χ0v) is 9.87. The van der Waals surface area contributed by atoms with Crippen molar-refractivity contribution >= 4 is 17.4 Å². The summed E-state index contributed by atoms with van der Waals surface area (Å²) in [6.07, 6.45) is 5.66. The zero-order chi connectivity index (χ0) is 10.7. The number of halogens is 1. The monoisotopic (exact) mass is 224 g/mol. The van der Waals surface area contributed by atoms with E-state index in [4.69, 9.17) is 11.6 Å². The van der Waals surface area contributed by atoms with E-state index in [0.717, 1.165) is 12.4 Å². The van der Waals surface area contributed by atoms with Crippen LogP contribution in [-0.2, 0) is 0 Å². The number of rotatable bonds is 2. The number of aromatic nitrogens is 1. The summed E-state index contributed by atoms with van der Waals surface area (Å²) in [6.45, 7) is 3.15. The Morgan fingerprint density at radius 3 is 3.00 bits per heavy atom. The van der Waals surface area contributed by atoms with Gasteiger partial charge in [-0.15, -0.1) is 11.6 Å². The maximum Gasteiger partial charge on any atom is 0.128 e. The highest BCUT2D eigenvalue weighted by atomic mass is 35.5. The van der Waals surface area contributed by atoms with Gasteiger partial charge in [0.25, 0.3) is 0 Å². The van der Waals surface area contributed by atoms with E-state index in [2.05, 4.69) is 28.9 Å². The summed E-state index contributed by atoms with van der Waals surface area (Å²) in [7, 11) is 0. The second-order valence-electron chi connectivity index (χ2n) is 4.19. The van der Waals surface area contributed by atoms with Gasteiger partial charge in [0.1, 0.15) is 5.82 Å². The highest BCUT2D eigenvalue weighted by Crippen LogP contribution is 2.23. The number of alkyl halides is 1. The lowest BCUT2D eigenvalue weighted by Crippen LogP contribution is -2.41. The van der Waals surface area contributed by atoms with Gasteiger partial charge >= 0.3 is 0 Å². The van der Waals surface area contributed by atoms with Crippen LogP contribution in [0, 0.1) is 6.92 Å². The van der Waals surface area contributed by atoms with Crippen molar-refractivity contribution in [2.24, 2.45) is 0 Å². The summed E-state index contributed by atoms with van der Waals surface area (Å²) in [5.41, 5.74) is 1.21. The van der Waals surface area contributed by atoms with Gasteiger partial charge in [-0.3, -0.25) is 0 Å². The average Bonchev–Trinajstić information content (AvgIpc) is 2.30. The summed E-state index contributed by atoms with van der Waals surface area (Å²) in [5.74, 6) is 1.78. The lowest BCUT2D eigenvalue weighted by Gasteiger charge is -2.35. The first-order valence-corrected chi connectivity index (χ1v) is 6.10. The molecule has 0 radical (unpaired) electrons. The Kier molecular flexibility index (Phi) is 3.47. The highest BCUT2D eigenvalue weighted by Gasteiger charge is 2.22. The molecule has 0 bridgehead atoms. The molecular weight excluding hydrogens is 208 g/mol. The summed E-state index contributed by atoms with van der Waals surface area (Å²) in [6, 6.07) is 4.68. The van der Waals surface area contributed by atoms with Crippen LogP contribution >= 0.6 is 11.6 Å². The van der Waals surface area contributed by atoms with Gasteiger partial charge in [-0.1, -0.05) is 6.07 Å². The molecule has 1 aromatic rings. The molecule has 15 heavy (non-hydrogen) atoms. The van der Waals surface area contributed by atoms with E-state index in [1.54, 1.807) is 0 Å². The fourth-order valence-corrected chi connectivity index (χ4v) is 2.41. The van der Waals surface area contributed by atoms with Crippen molar-refractivity contribution in [2.75, 3.05) is 17.3 Å². The SMILES string of the molecule is Cc1ccc(N2CCCCC2CCl)nc1. The zero-order valence-electron chi connectivity index (χ0n) is 9.12. The van der Waals surface area contributed by atoms with E-state index in [0.29, 0.717) is 11.9 Å². The van der Waals surface area contributed by atoms with Gasteiger partial charge in [0.15, 0.2) is 0 Å². The number of hydrogen-bond acceptors (Lipinski definition) is 2. The van der Waals surface area contributed by atoms with Crippen molar-refractivity contribution in [1.29, 1.82) is 0 Å². The Labute approximate surface area is 96.3 Å². The predicted molar refractivity (Wildman–Crippen MR) is 64.7 cm³/mol. The van der Waals surface area contributed by atoms with Crippen molar-refractivity contribution in [3.63, 3.8) is 0 Å². The molecule has 0 amide bonds. The van der Waals surface area contributed by atoms with Crippen LogP contribution in [-0.4, -0.2) is 23.5 Å². The molecule has 0 aliphatic carbocycles. The fourth-order valence-electron chi connectivity index (χ4n) is 2.09. The summed E-state index contributed by atoms with van der Waals surface area (Å²) < 4.78 is 0. The van der Waals surface area contributed by atoms with Gasteiger partial charge in [0.05, 0.1) is 0 Å². The van der Waals surface area contributed by atoms with Crippen LogP contribution in [0.25, 0.3) is 0 Å². The molecule has 1 aromatic heterocycles. The van der Waals surface area contributed by atoms with Crippen molar-refractivity contribution in [2.45, 2.75) is 32.2 Å². The van der Waals surface area contributed by atoms with Gasteiger partial charge in [-0.25, -0.2) is 4.98 Å². The maximum absolute atomic E-state index is 5.99. The Bertz CT molecular complexity index is 310. The molecule has 0 spiro atoms. The third-order valence-electron chi connectivity index (χ3n) is 3.00. The summed E-state index contributed by atoms with van der Waals surface area (Å²) in [4.78, 5) is 6.81. The van der Waals surface area contributed by atoms with Gasteiger partial charge in [-0.2, -0.15) is 0 Å². The number of hydrogen-bond donors (Lipinski definition) is 0. The minimum Gasteiger partial charge on any atom is -0.352 e. The first kappa shape index (κ1) is 10.7.